The van der Waals surface area contributed by atoms with Gasteiger partial charge in [-0.25, -0.2) is 9.36 Å². The van der Waals surface area contributed by atoms with Crippen molar-refractivity contribution in [1.29, 1.82) is 0 Å². The van der Waals surface area contributed by atoms with E-state index in [2.05, 4.69) is 17.9 Å². The normalized spacial score (nSPS) is 15.0. The van der Waals surface area contributed by atoms with E-state index in [1.54, 1.807) is 11.5 Å². The van der Waals surface area contributed by atoms with Gasteiger partial charge in [0.15, 0.2) is 0 Å². The van der Waals surface area contributed by atoms with Crippen LogP contribution in [0.2, 0.25) is 0 Å². The van der Waals surface area contributed by atoms with E-state index >= 15 is 0 Å². The van der Waals surface area contributed by atoms with Gasteiger partial charge in [0.2, 0.25) is 0 Å². The number of esters is 1. The maximum absolute atomic E-state index is 13.2. The molecule has 0 unspecified atom stereocenters. The Labute approximate surface area is 191 Å². The van der Waals surface area contributed by atoms with Crippen molar-refractivity contribution in [3.05, 3.63) is 47.2 Å². The molecule has 0 amide bonds. The minimum Gasteiger partial charge on any atom is -0.466 e. The summed E-state index contributed by atoms with van der Waals surface area (Å²) in [6.45, 7) is 12.7. The van der Waals surface area contributed by atoms with Crippen molar-refractivity contribution in [2.24, 2.45) is 0 Å². The lowest BCUT2D eigenvalue weighted by Crippen LogP contribution is -2.32. The molecule has 1 aromatic carbocycles. The number of hydrogen-bond acceptors (Lipinski definition) is 5. The molecule has 0 saturated carbocycles. The molecule has 0 saturated heterocycles. The van der Waals surface area contributed by atoms with Crippen molar-refractivity contribution in [3.63, 3.8) is 0 Å². The quantitative estimate of drug-likeness (QED) is 0.442. The Balaban J connectivity index is 2.00. The molecule has 0 atom stereocenters. The van der Waals surface area contributed by atoms with Crippen LogP contribution in [0.4, 0.5) is 4.79 Å². The first kappa shape index (κ1) is 24.1. The summed E-state index contributed by atoms with van der Waals surface area (Å²) in [6.07, 6.45) is 4.81. The summed E-state index contributed by atoms with van der Waals surface area (Å²) in [4.78, 5) is 28.1. The first-order valence-corrected chi connectivity index (χ1v) is 11.6. The number of benzene rings is 1. The number of carbonyl (C=O) groups excluding carboxylic acids is 2. The first-order chi connectivity index (χ1) is 15.2. The molecule has 0 fully saturated rings. The van der Waals surface area contributed by atoms with Crippen LogP contribution >= 0.6 is 0 Å². The van der Waals surface area contributed by atoms with E-state index < -0.39 is 11.7 Å². The number of fused-ring (bicyclic) bond motifs is 1. The highest BCUT2D eigenvalue weighted by Crippen LogP contribution is 2.29. The SMILES string of the molecule is CCOC(=O)Cc1c(CCN2CCC=C(CC)C2)c2ccccc2n1C(=O)OC(C)(C)C. The van der Waals surface area contributed by atoms with Gasteiger partial charge in [-0.05, 0) is 58.6 Å². The minimum atomic E-state index is -0.638. The molecule has 2 heterocycles. The summed E-state index contributed by atoms with van der Waals surface area (Å²) in [5.41, 5.74) is 3.29. The molecule has 1 aromatic heterocycles. The average molecular weight is 441 g/mol. The fraction of sp³-hybridized carbons (Fsp3) is 0.538. The molecule has 1 aliphatic heterocycles. The largest absolute Gasteiger partial charge is 0.466 e. The second kappa shape index (κ2) is 10.3. The van der Waals surface area contributed by atoms with Crippen LogP contribution in [-0.4, -0.2) is 53.4 Å². The number of para-hydroxylation sites is 1. The lowest BCUT2D eigenvalue weighted by atomic mass is 10.0. The van der Waals surface area contributed by atoms with Gasteiger partial charge in [0, 0.05) is 30.7 Å². The van der Waals surface area contributed by atoms with Crippen molar-refractivity contribution in [2.45, 2.75) is 65.9 Å². The Morgan fingerprint density at radius 1 is 1.12 bits per heavy atom. The lowest BCUT2D eigenvalue weighted by molar-refractivity contribution is -0.142. The molecule has 0 spiro atoms. The highest BCUT2D eigenvalue weighted by Gasteiger charge is 2.27. The molecule has 0 N–H and O–H groups in total. The van der Waals surface area contributed by atoms with Gasteiger partial charge in [-0.1, -0.05) is 36.8 Å². The van der Waals surface area contributed by atoms with Crippen LogP contribution in [0, 0.1) is 0 Å². The number of aromatic nitrogens is 1. The van der Waals surface area contributed by atoms with Crippen molar-refractivity contribution < 1.29 is 19.1 Å². The van der Waals surface area contributed by atoms with E-state index in [4.69, 9.17) is 9.47 Å². The predicted octanol–water partition coefficient (Wildman–Crippen LogP) is 5.11. The molecule has 6 nitrogen and oxygen atoms in total. The summed E-state index contributed by atoms with van der Waals surface area (Å²) in [5.74, 6) is -0.337. The maximum atomic E-state index is 13.2. The van der Waals surface area contributed by atoms with E-state index in [0.29, 0.717) is 12.3 Å². The van der Waals surface area contributed by atoms with Gasteiger partial charge in [-0.3, -0.25) is 9.69 Å². The third kappa shape index (κ3) is 5.80. The Morgan fingerprint density at radius 2 is 1.88 bits per heavy atom. The molecule has 3 rings (SSSR count). The van der Waals surface area contributed by atoms with E-state index in [-0.39, 0.29) is 12.4 Å². The second-order valence-electron chi connectivity index (χ2n) is 9.27. The number of nitrogens with zero attached hydrogens (tertiary/aromatic N) is 2. The molecular formula is C26H36N2O4. The van der Waals surface area contributed by atoms with Crippen molar-refractivity contribution in [1.82, 2.24) is 9.47 Å². The third-order valence-electron chi connectivity index (χ3n) is 5.72. The smallest absolute Gasteiger partial charge is 0.419 e. The summed E-state index contributed by atoms with van der Waals surface area (Å²) < 4.78 is 12.5. The number of ether oxygens (including phenoxy) is 2. The van der Waals surface area contributed by atoms with E-state index in [1.165, 1.54) is 5.57 Å². The van der Waals surface area contributed by atoms with Crippen LogP contribution in [0.5, 0.6) is 0 Å². The van der Waals surface area contributed by atoms with Gasteiger partial charge < -0.3 is 9.47 Å². The highest BCUT2D eigenvalue weighted by molar-refractivity contribution is 5.95. The van der Waals surface area contributed by atoms with Crippen LogP contribution in [0.15, 0.2) is 35.9 Å². The number of hydrogen-bond donors (Lipinski definition) is 0. The van der Waals surface area contributed by atoms with Crippen LogP contribution in [-0.2, 0) is 27.1 Å². The molecular weight excluding hydrogens is 404 g/mol. The van der Waals surface area contributed by atoms with Crippen molar-refractivity contribution in [3.8, 4) is 0 Å². The monoisotopic (exact) mass is 440 g/mol. The molecule has 0 radical (unpaired) electrons. The molecule has 1 aliphatic rings. The molecule has 0 bridgehead atoms. The molecule has 2 aromatic rings. The molecule has 6 heteroatoms. The van der Waals surface area contributed by atoms with Crippen molar-refractivity contribution >= 4 is 23.0 Å². The van der Waals surface area contributed by atoms with Crippen LogP contribution in [0.25, 0.3) is 10.9 Å². The fourth-order valence-electron chi connectivity index (χ4n) is 4.29. The van der Waals surface area contributed by atoms with Gasteiger partial charge in [-0.2, -0.15) is 0 Å². The van der Waals surface area contributed by atoms with Gasteiger partial charge in [0.25, 0.3) is 0 Å². The zero-order valence-electron chi connectivity index (χ0n) is 20.1. The topological polar surface area (TPSA) is 60.8 Å². The van der Waals surface area contributed by atoms with E-state index in [0.717, 1.165) is 55.4 Å². The fourth-order valence-corrected chi connectivity index (χ4v) is 4.29. The Kier molecular flexibility index (Phi) is 7.77. The average Bonchev–Trinajstić information content (AvgIpc) is 3.04. The first-order valence-electron chi connectivity index (χ1n) is 11.6. The van der Waals surface area contributed by atoms with Gasteiger partial charge in [-0.15, -0.1) is 0 Å². The predicted molar refractivity (Wildman–Crippen MR) is 127 cm³/mol. The zero-order chi connectivity index (χ0) is 23.3. The van der Waals surface area contributed by atoms with Crippen LogP contribution in [0.3, 0.4) is 0 Å². The standard InChI is InChI=1S/C26H36N2O4/c1-6-19-11-10-15-27(18-19)16-14-21-20-12-8-9-13-22(20)28(25(30)32-26(3,4)5)23(21)17-24(29)31-7-2/h8-9,11-13H,6-7,10,14-18H2,1-5H3. The molecule has 174 valence electrons. The summed E-state index contributed by atoms with van der Waals surface area (Å²) >= 11 is 0. The molecule has 32 heavy (non-hydrogen) atoms. The van der Waals surface area contributed by atoms with Gasteiger partial charge in [0.05, 0.1) is 18.5 Å². The Morgan fingerprint density at radius 3 is 2.56 bits per heavy atom. The number of carbonyl (C=O) groups is 2. The summed E-state index contributed by atoms with van der Waals surface area (Å²) in [7, 11) is 0. The maximum Gasteiger partial charge on any atom is 0.419 e. The lowest BCUT2D eigenvalue weighted by Gasteiger charge is -2.27. The molecule has 0 aliphatic carbocycles. The summed E-state index contributed by atoms with van der Waals surface area (Å²) in [6, 6.07) is 7.81. The summed E-state index contributed by atoms with van der Waals surface area (Å²) in [5, 5.41) is 0.987. The Hall–Kier alpha value is -2.60. The number of rotatable bonds is 7. The Bertz CT molecular complexity index is 997. The van der Waals surface area contributed by atoms with Crippen LogP contribution < -0.4 is 0 Å². The van der Waals surface area contributed by atoms with Gasteiger partial charge >= 0.3 is 12.1 Å². The second-order valence-corrected chi connectivity index (χ2v) is 9.27. The van der Waals surface area contributed by atoms with Crippen LogP contribution in [0.1, 0.15) is 58.7 Å². The zero-order valence-corrected chi connectivity index (χ0v) is 20.1. The van der Waals surface area contributed by atoms with E-state index in [9.17, 15) is 9.59 Å². The van der Waals surface area contributed by atoms with Crippen molar-refractivity contribution in [2.75, 3.05) is 26.2 Å². The van der Waals surface area contributed by atoms with E-state index in [1.807, 2.05) is 45.0 Å². The third-order valence-corrected chi connectivity index (χ3v) is 5.72. The minimum absolute atomic E-state index is 0.0389. The highest BCUT2D eigenvalue weighted by atomic mass is 16.6. The van der Waals surface area contributed by atoms with Gasteiger partial charge in [0.1, 0.15) is 5.60 Å².